The lowest BCUT2D eigenvalue weighted by molar-refractivity contribution is 0.188. The molecule has 0 bridgehead atoms. The second kappa shape index (κ2) is 3.70. The second-order valence-electron chi connectivity index (χ2n) is 2.68. The molecule has 0 aliphatic carbocycles. The number of aliphatic hydroxyl groups is 1. The van der Waals surface area contributed by atoms with Crippen LogP contribution in [0.2, 0.25) is 0 Å². The minimum atomic E-state index is -1.16. The summed E-state index contributed by atoms with van der Waals surface area (Å²) in [5.41, 5.74) is -0.333. The van der Waals surface area contributed by atoms with E-state index in [4.69, 9.17) is 5.11 Å². The highest BCUT2D eigenvalue weighted by Crippen LogP contribution is 2.24. The molecule has 13 heavy (non-hydrogen) atoms. The zero-order valence-electron chi connectivity index (χ0n) is 7.34. The Morgan fingerprint density at radius 2 is 1.77 bits per heavy atom. The fourth-order valence-corrected chi connectivity index (χ4v) is 1.08. The lowest BCUT2D eigenvalue weighted by Crippen LogP contribution is -2.01. The minimum Gasteiger partial charge on any atom is -0.497 e. The highest BCUT2D eigenvalue weighted by Gasteiger charge is 2.15. The van der Waals surface area contributed by atoms with Gasteiger partial charge >= 0.3 is 0 Å². The molecule has 4 heteroatoms. The second-order valence-corrected chi connectivity index (χ2v) is 2.68. The van der Waals surface area contributed by atoms with Crippen molar-refractivity contribution in [2.24, 2.45) is 0 Å². The Hall–Kier alpha value is -1.16. The molecule has 0 aliphatic rings. The van der Waals surface area contributed by atoms with Crippen molar-refractivity contribution < 1.29 is 18.6 Å². The monoisotopic (exact) mass is 188 g/mol. The number of halogens is 2. The first kappa shape index (κ1) is 9.92. The van der Waals surface area contributed by atoms with Crippen LogP contribution in [0.25, 0.3) is 0 Å². The van der Waals surface area contributed by atoms with Crippen LogP contribution in [0.4, 0.5) is 8.78 Å². The van der Waals surface area contributed by atoms with Crippen molar-refractivity contribution in [1.29, 1.82) is 0 Å². The van der Waals surface area contributed by atoms with Gasteiger partial charge in [-0.25, -0.2) is 8.78 Å². The molecule has 1 rings (SSSR count). The van der Waals surface area contributed by atoms with Gasteiger partial charge in [-0.1, -0.05) is 0 Å². The van der Waals surface area contributed by atoms with Crippen LogP contribution in [0.3, 0.4) is 0 Å². The van der Waals surface area contributed by atoms with Gasteiger partial charge in [0.25, 0.3) is 0 Å². The van der Waals surface area contributed by atoms with Crippen LogP contribution in [0, 0.1) is 11.6 Å². The average molecular weight is 188 g/mol. The fourth-order valence-electron chi connectivity index (χ4n) is 1.08. The molecule has 2 nitrogen and oxygen atoms in total. The van der Waals surface area contributed by atoms with E-state index >= 15 is 0 Å². The Balaban J connectivity index is 3.23. The average Bonchev–Trinajstić information content (AvgIpc) is 2.02. The topological polar surface area (TPSA) is 29.5 Å². The summed E-state index contributed by atoms with van der Waals surface area (Å²) >= 11 is 0. The predicted octanol–water partition coefficient (Wildman–Crippen LogP) is 2.03. The smallest absolute Gasteiger partial charge is 0.135 e. The van der Waals surface area contributed by atoms with Gasteiger partial charge in [-0.05, 0) is 6.92 Å². The molecule has 1 aromatic rings. The van der Waals surface area contributed by atoms with Crippen molar-refractivity contribution in [3.63, 3.8) is 0 Å². The molecule has 0 fully saturated rings. The van der Waals surface area contributed by atoms with E-state index in [-0.39, 0.29) is 11.3 Å². The lowest BCUT2D eigenvalue weighted by atomic mass is 10.1. The molecule has 0 unspecified atom stereocenters. The van der Waals surface area contributed by atoms with Crippen LogP contribution >= 0.6 is 0 Å². The molecule has 0 radical (unpaired) electrons. The molecule has 0 heterocycles. The van der Waals surface area contributed by atoms with Crippen molar-refractivity contribution >= 4 is 0 Å². The summed E-state index contributed by atoms with van der Waals surface area (Å²) < 4.78 is 30.8. The van der Waals surface area contributed by atoms with Gasteiger partial charge in [0.2, 0.25) is 0 Å². The third-order valence-electron chi connectivity index (χ3n) is 1.71. The Morgan fingerprint density at radius 1 is 1.31 bits per heavy atom. The summed E-state index contributed by atoms with van der Waals surface area (Å²) in [4.78, 5) is 0. The maximum Gasteiger partial charge on any atom is 0.135 e. The lowest BCUT2D eigenvalue weighted by Gasteiger charge is -2.09. The van der Waals surface area contributed by atoms with Crippen LogP contribution in [-0.2, 0) is 0 Å². The van der Waals surface area contributed by atoms with E-state index in [1.54, 1.807) is 0 Å². The van der Waals surface area contributed by atoms with Crippen LogP contribution in [0.1, 0.15) is 18.6 Å². The van der Waals surface area contributed by atoms with Crippen molar-refractivity contribution in [2.75, 3.05) is 7.11 Å². The summed E-state index contributed by atoms with van der Waals surface area (Å²) in [6.07, 6.45) is -1.16. The SMILES string of the molecule is COc1cc(F)c([C@@H](C)O)c(F)c1. The fraction of sp³-hybridized carbons (Fsp3) is 0.333. The number of hydrogen-bond donors (Lipinski definition) is 1. The largest absolute Gasteiger partial charge is 0.497 e. The van der Waals surface area contributed by atoms with Gasteiger partial charge in [-0.3, -0.25) is 0 Å². The van der Waals surface area contributed by atoms with E-state index in [1.165, 1.54) is 14.0 Å². The van der Waals surface area contributed by atoms with Gasteiger partial charge in [0.1, 0.15) is 17.4 Å². The van der Waals surface area contributed by atoms with E-state index in [1.807, 2.05) is 0 Å². The molecule has 0 amide bonds. The van der Waals surface area contributed by atoms with Crippen LogP contribution in [0.15, 0.2) is 12.1 Å². The first-order chi connectivity index (χ1) is 6.06. The number of ether oxygens (including phenoxy) is 1. The maximum absolute atomic E-state index is 13.1. The van der Waals surface area contributed by atoms with E-state index in [9.17, 15) is 8.78 Å². The molecule has 1 atom stereocenters. The highest BCUT2D eigenvalue weighted by molar-refractivity contribution is 5.31. The molecule has 0 aromatic heterocycles. The molecule has 0 saturated heterocycles. The normalized spacial score (nSPS) is 12.7. The van der Waals surface area contributed by atoms with Crippen molar-refractivity contribution in [1.82, 2.24) is 0 Å². The van der Waals surface area contributed by atoms with Gasteiger partial charge in [0, 0.05) is 12.1 Å². The van der Waals surface area contributed by atoms with Crippen LogP contribution in [-0.4, -0.2) is 12.2 Å². The zero-order chi connectivity index (χ0) is 10.0. The summed E-state index contributed by atoms with van der Waals surface area (Å²) in [5.74, 6) is -1.50. The maximum atomic E-state index is 13.1. The standard InChI is InChI=1S/C9H10F2O2/c1-5(12)9-7(10)3-6(13-2)4-8(9)11/h3-5,12H,1-2H3/t5-/m1/s1. The van der Waals surface area contributed by atoms with Gasteiger partial charge < -0.3 is 9.84 Å². The molecule has 1 aromatic carbocycles. The van der Waals surface area contributed by atoms with E-state index in [0.29, 0.717) is 0 Å². The van der Waals surface area contributed by atoms with Gasteiger partial charge in [-0.15, -0.1) is 0 Å². The Kier molecular flexibility index (Phi) is 2.83. The molecule has 72 valence electrons. The Bertz CT molecular complexity index is 287. The van der Waals surface area contributed by atoms with Gasteiger partial charge in [0.15, 0.2) is 0 Å². The first-order valence-electron chi connectivity index (χ1n) is 3.77. The number of rotatable bonds is 2. The number of aliphatic hydroxyl groups excluding tert-OH is 1. The van der Waals surface area contributed by atoms with Crippen molar-refractivity contribution in [2.45, 2.75) is 13.0 Å². The molecule has 1 N–H and O–H groups in total. The van der Waals surface area contributed by atoms with Crippen molar-refractivity contribution in [3.8, 4) is 5.75 Å². The molecule has 0 aliphatic heterocycles. The summed E-state index contributed by atoms with van der Waals surface area (Å²) in [5, 5.41) is 9.03. The quantitative estimate of drug-likeness (QED) is 0.769. The number of hydrogen-bond acceptors (Lipinski definition) is 2. The zero-order valence-corrected chi connectivity index (χ0v) is 7.34. The van der Waals surface area contributed by atoms with Crippen LogP contribution < -0.4 is 4.74 Å². The van der Waals surface area contributed by atoms with Crippen molar-refractivity contribution in [3.05, 3.63) is 29.3 Å². The van der Waals surface area contributed by atoms with E-state index in [0.717, 1.165) is 12.1 Å². The van der Waals surface area contributed by atoms with Gasteiger partial charge in [0.05, 0.1) is 18.8 Å². The summed E-state index contributed by atoms with van der Waals surface area (Å²) in [6, 6.07) is 2.07. The van der Waals surface area contributed by atoms with E-state index < -0.39 is 17.7 Å². The predicted molar refractivity (Wildman–Crippen MR) is 43.5 cm³/mol. The molecular weight excluding hydrogens is 178 g/mol. The summed E-state index contributed by atoms with van der Waals surface area (Å²) in [6.45, 7) is 1.30. The third kappa shape index (κ3) is 1.95. The van der Waals surface area contributed by atoms with E-state index in [2.05, 4.69) is 4.74 Å². The highest BCUT2D eigenvalue weighted by atomic mass is 19.1. The number of benzene rings is 1. The first-order valence-corrected chi connectivity index (χ1v) is 3.77. The number of methoxy groups -OCH3 is 1. The third-order valence-corrected chi connectivity index (χ3v) is 1.71. The Morgan fingerprint density at radius 3 is 2.08 bits per heavy atom. The minimum absolute atomic E-state index is 0.0967. The molecule has 0 spiro atoms. The Labute approximate surface area is 74.8 Å². The van der Waals surface area contributed by atoms with Gasteiger partial charge in [-0.2, -0.15) is 0 Å². The summed E-state index contributed by atoms with van der Waals surface area (Å²) in [7, 11) is 1.32. The van der Waals surface area contributed by atoms with Crippen LogP contribution in [0.5, 0.6) is 5.75 Å². The molecular formula is C9H10F2O2. The molecule has 0 saturated carbocycles.